The first-order valence-electron chi connectivity index (χ1n) is 6.71. The molecule has 1 unspecified atom stereocenters. The molecule has 0 spiro atoms. The van der Waals surface area contributed by atoms with Gasteiger partial charge in [-0.25, -0.2) is 4.68 Å². The van der Waals surface area contributed by atoms with Gasteiger partial charge in [0.05, 0.1) is 26.4 Å². The number of nitrogens with zero attached hydrogens (tertiary/aromatic N) is 3. The van der Waals surface area contributed by atoms with E-state index in [2.05, 4.69) is 15.6 Å². The van der Waals surface area contributed by atoms with Crippen LogP contribution in [-0.2, 0) is 17.0 Å². The van der Waals surface area contributed by atoms with E-state index < -0.39 is 28.4 Å². The molecule has 1 aromatic carbocycles. The molecule has 0 radical (unpaired) electrons. The second-order valence-corrected chi connectivity index (χ2v) is 7.04. The summed E-state index contributed by atoms with van der Waals surface area (Å²) in [6, 6.07) is 1.38. The van der Waals surface area contributed by atoms with Crippen molar-refractivity contribution in [1.29, 1.82) is 0 Å². The van der Waals surface area contributed by atoms with Crippen LogP contribution in [0.15, 0.2) is 22.2 Å². The van der Waals surface area contributed by atoms with Crippen LogP contribution < -0.4 is 11.1 Å². The van der Waals surface area contributed by atoms with Crippen molar-refractivity contribution in [1.82, 2.24) is 9.78 Å². The number of anilines is 1. The molecule has 0 saturated carbocycles. The van der Waals surface area contributed by atoms with E-state index in [1.54, 1.807) is 0 Å². The first-order valence-corrected chi connectivity index (χ1v) is 9.03. The third-order valence-corrected chi connectivity index (χ3v) is 4.81. The molecule has 1 heterocycles. The maximum absolute atomic E-state index is 12.9. The highest BCUT2D eigenvalue weighted by molar-refractivity contribution is 7.84. The summed E-state index contributed by atoms with van der Waals surface area (Å²) < 4.78 is 51.8. The van der Waals surface area contributed by atoms with Crippen LogP contribution in [0.3, 0.4) is 0 Å². The van der Waals surface area contributed by atoms with Gasteiger partial charge in [0.2, 0.25) is 0 Å². The molecule has 2 rings (SSSR count). The molecule has 0 amide bonds. The lowest BCUT2D eigenvalue weighted by Gasteiger charge is -2.14. The van der Waals surface area contributed by atoms with Crippen molar-refractivity contribution in [3.8, 4) is 5.69 Å². The Morgan fingerprint density at radius 1 is 1.38 bits per heavy atom. The lowest BCUT2D eigenvalue weighted by atomic mass is 10.2. The molecule has 142 valence electrons. The Kier molecular flexibility index (Phi) is 5.73. The van der Waals surface area contributed by atoms with Gasteiger partial charge in [-0.1, -0.05) is 28.4 Å². The second kappa shape index (κ2) is 7.33. The topological polar surface area (TPSA) is 106 Å². The van der Waals surface area contributed by atoms with Gasteiger partial charge in [-0.3, -0.25) is 4.21 Å². The number of alkyl halides is 3. The Labute approximate surface area is 158 Å². The average molecular weight is 430 g/mol. The summed E-state index contributed by atoms with van der Waals surface area (Å²) in [6.45, 7) is 0. The third-order valence-electron chi connectivity index (χ3n) is 3.27. The van der Waals surface area contributed by atoms with Crippen LogP contribution in [0.4, 0.5) is 19.0 Å². The van der Waals surface area contributed by atoms with E-state index in [9.17, 15) is 17.4 Å². The van der Waals surface area contributed by atoms with Crippen LogP contribution in [0, 0.1) is 0 Å². The number of benzene rings is 1. The minimum Gasteiger partial charge on any atom is -0.409 e. The standard InChI is InChI=1S/C13H12Cl2F3N5O2S/c1-20-12-10(26(2)25)8(11(19)22-24)21-23(12)9-6(14)3-5(4-7(9)15)13(16,17)18/h3-4,20,24H,1-2H3,(H2,19,22). The number of oxime groups is 1. The molecule has 2 aromatic rings. The van der Waals surface area contributed by atoms with Gasteiger partial charge in [0, 0.05) is 13.3 Å². The Hall–Kier alpha value is -1.98. The minimum atomic E-state index is -4.64. The zero-order chi connectivity index (χ0) is 19.8. The molecule has 13 heteroatoms. The smallest absolute Gasteiger partial charge is 0.409 e. The Balaban J connectivity index is 2.83. The summed E-state index contributed by atoms with van der Waals surface area (Å²) in [5, 5.41) is 17.8. The average Bonchev–Trinajstić information content (AvgIpc) is 2.92. The summed E-state index contributed by atoms with van der Waals surface area (Å²) in [5.41, 5.74) is 4.29. The van der Waals surface area contributed by atoms with Crippen molar-refractivity contribution in [2.45, 2.75) is 11.1 Å². The van der Waals surface area contributed by atoms with Gasteiger partial charge in [0.1, 0.15) is 22.1 Å². The molecule has 0 aliphatic rings. The zero-order valence-corrected chi connectivity index (χ0v) is 15.6. The normalized spacial score (nSPS) is 13.7. The van der Waals surface area contributed by atoms with Crippen molar-refractivity contribution >= 4 is 45.7 Å². The van der Waals surface area contributed by atoms with Crippen LogP contribution in [0.25, 0.3) is 5.69 Å². The van der Waals surface area contributed by atoms with Crippen molar-refractivity contribution in [3.05, 3.63) is 33.4 Å². The van der Waals surface area contributed by atoms with E-state index in [1.807, 2.05) is 0 Å². The van der Waals surface area contributed by atoms with E-state index in [1.165, 1.54) is 13.3 Å². The highest BCUT2D eigenvalue weighted by Gasteiger charge is 2.33. The highest BCUT2D eigenvalue weighted by atomic mass is 35.5. The lowest BCUT2D eigenvalue weighted by molar-refractivity contribution is -0.137. The molecule has 4 N–H and O–H groups in total. The third kappa shape index (κ3) is 3.60. The Morgan fingerprint density at radius 2 is 1.92 bits per heavy atom. The molecular weight excluding hydrogens is 418 g/mol. The fourth-order valence-electron chi connectivity index (χ4n) is 2.20. The van der Waals surface area contributed by atoms with Crippen LogP contribution >= 0.6 is 23.2 Å². The van der Waals surface area contributed by atoms with Crippen LogP contribution in [0.2, 0.25) is 10.0 Å². The molecule has 1 atom stereocenters. The maximum Gasteiger partial charge on any atom is 0.416 e. The maximum atomic E-state index is 12.9. The summed E-state index contributed by atoms with van der Waals surface area (Å²) in [6.07, 6.45) is -3.32. The van der Waals surface area contributed by atoms with Crippen molar-refractivity contribution in [2.75, 3.05) is 18.6 Å². The molecule has 0 fully saturated rings. The highest BCUT2D eigenvalue weighted by Crippen LogP contribution is 2.39. The first kappa shape index (κ1) is 20.3. The predicted octanol–water partition coefficient (Wildman–Crippen LogP) is 3.07. The largest absolute Gasteiger partial charge is 0.416 e. The minimum absolute atomic E-state index is 0.0647. The SMILES string of the molecule is CNc1c(S(C)=O)c(C(N)=NO)nn1-c1c(Cl)cc(C(F)(F)F)cc1Cl. The summed E-state index contributed by atoms with van der Waals surface area (Å²) in [7, 11) is -0.179. The number of amidine groups is 1. The predicted molar refractivity (Wildman–Crippen MR) is 93.0 cm³/mol. The number of nitrogens with two attached hydrogens (primary N) is 1. The van der Waals surface area contributed by atoms with Crippen molar-refractivity contribution < 1.29 is 22.6 Å². The summed E-state index contributed by atoms with van der Waals surface area (Å²) in [4.78, 5) is 0.0647. The Bertz CT molecular complexity index is 891. The fourth-order valence-corrected chi connectivity index (χ4v) is 3.73. The summed E-state index contributed by atoms with van der Waals surface area (Å²) in [5.74, 6) is -0.333. The second-order valence-electron chi connectivity index (χ2n) is 4.91. The molecule has 0 bridgehead atoms. The number of rotatable bonds is 4. The quantitative estimate of drug-likeness (QED) is 0.299. The van der Waals surface area contributed by atoms with Gasteiger partial charge >= 0.3 is 6.18 Å². The Morgan fingerprint density at radius 3 is 2.31 bits per heavy atom. The lowest BCUT2D eigenvalue weighted by Crippen LogP contribution is -2.16. The van der Waals surface area contributed by atoms with E-state index >= 15 is 0 Å². The van der Waals surface area contributed by atoms with Crippen LogP contribution in [-0.4, -0.2) is 38.3 Å². The number of aromatic nitrogens is 2. The van der Waals surface area contributed by atoms with Crippen LogP contribution in [0.1, 0.15) is 11.3 Å². The van der Waals surface area contributed by atoms with Gasteiger partial charge in [0.25, 0.3) is 0 Å². The van der Waals surface area contributed by atoms with Gasteiger partial charge in [0.15, 0.2) is 5.84 Å². The number of hydrogen-bond acceptors (Lipinski definition) is 5. The first-order chi connectivity index (χ1) is 12.0. The van der Waals surface area contributed by atoms with Crippen molar-refractivity contribution in [3.63, 3.8) is 0 Å². The van der Waals surface area contributed by atoms with E-state index in [-0.39, 0.29) is 32.1 Å². The molecule has 0 aliphatic carbocycles. The van der Waals surface area contributed by atoms with Gasteiger partial charge in [-0.05, 0) is 12.1 Å². The molecule has 0 saturated heterocycles. The monoisotopic (exact) mass is 429 g/mol. The van der Waals surface area contributed by atoms with Crippen LogP contribution in [0.5, 0.6) is 0 Å². The van der Waals surface area contributed by atoms with E-state index in [0.29, 0.717) is 12.1 Å². The number of nitrogens with one attached hydrogen (secondary N) is 1. The molecule has 0 aliphatic heterocycles. The molecule has 26 heavy (non-hydrogen) atoms. The van der Waals surface area contributed by atoms with Gasteiger partial charge < -0.3 is 16.3 Å². The van der Waals surface area contributed by atoms with Gasteiger partial charge in [-0.2, -0.15) is 18.3 Å². The molecule has 1 aromatic heterocycles. The van der Waals surface area contributed by atoms with Crippen molar-refractivity contribution in [2.24, 2.45) is 10.9 Å². The van der Waals surface area contributed by atoms with E-state index in [4.69, 9.17) is 34.1 Å². The number of hydrogen-bond donors (Lipinski definition) is 3. The molecule has 7 nitrogen and oxygen atoms in total. The molecular formula is C13H12Cl2F3N5O2S. The van der Waals surface area contributed by atoms with E-state index in [0.717, 1.165) is 4.68 Å². The zero-order valence-electron chi connectivity index (χ0n) is 13.2. The fraction of sp³-hybridized carbons (Fsp3) is 0.231. The number of halogens is 5. The van der Waals surface area contributed by atoms with Gasteiger partial charge in [-0.15, -0.1) is 0 Å². The summed E-state index contributed by atoms with van der Waals surface area (Å²) >= 11 is 12.0.